The van der Waals surface area contributed by atoms with E-state index in [1.165, 1.54) is 3.57 Å². The first-order valence-corrected chi connectivity index (χ1v) is 10.5. The van der Waals surface area contributed by atoms with Crippen molar-refractivity contribution in [1.82, 2.24) is 0 Å². The zero-order chi connectivity index (χ0) is 18.6. The van der Waals surface area contributed by atoms with Gasteiger partial charge in [0, 0.05) is 3.57 Å². The molecule has 0 unspecified atom stereocenters. The van der Waals surface area contributed by atoms with E-state index in [-0.39, 0.29) is 8.46 Å². The standard InChI is InChI=1S/C24H16IOP/c25-19-15-21(17-9-3-1-4-10-17)24(20-13-7-8-14-23(20)27-26)22(16-19)18-11-5-2-6-12-18/h1-16H. The lowest BCUT2D eigenvalue weighted by molar-refractivity contribution is 0.603. The van der Waals surface area contributed by atoms with Gasteiger partial charge >= 0.3 is 0 Å². The van der Waals surface area contributed by atoms with Crippen molar-refractivity contribution in [2.24, 2.45) is 0 Å². The molecule has 130 valence electrons. The summed E-state index contributed by atoms with van der Waals surface area (Å²) in [6.45, 7) is 0. The van der Waals surface area contributed by atoms with Crippen LogP contribution in [0.25, 0.3) is 33.4 Å². The van der Waals surface area contributed by atoms with Gasteiger partial charge in [-0.15, -0.1) is 0 Å². The minimum absolute atomic E-state index is 0.0291. The Bertz CT molecular complexity index is 1030. The summed E-state index contributed by atoms with van der Waals surface area (Å²) in [5.74, 6) is 0. The second kappa shape index (κ2) is 8.16. The van der Waals surface area contributed by atoms with Gasteiger partial charge in [-0.1, -0.05) is 78.9 Å². The quantitative estimate of drug-likeness (QED) is 0.224. The maximum atomic E-state index is 11.9. The van der Waals surface area contributed by atoms with Crippen molar-refractivity contribution in [1.29, 1.82) is 0 Å². The van der Waals surface area contributed by atoms with Crippen LogP contribution in [0.15, 0.2) is 97.1 Å². The smallest absolute Gasteiger partial charge is 0.192 e. The summed E-state index contributed by atoms with van der Waals surface area (Å²) in [6, 6.07) is 33.1. The van der Waals surface area contributed by atoms with E-state index >= 15 is 0 Å². The molecule has 0 atom stereocenters. The molecule has 0 saturated heterocycles. The number of hydrogen-bond acceptors (Lipinski definition) is 1. The highest BCUT2D eigenvalue weighted by molar-refractivity contribution is 14.1. The second-order valence-electron chi connectivity index (χ2n) is 6.22. The molecular formula is C24H16IOP. The average Bonchev–Trinajstić information content (AvgIpc) is 2.74. The molecule has 0 heterocycles. The second-order valence-corrected chi connectivity index (χ2v) is 8.13. The molecule has 0 N–H and O–H groups in total. The first kappa shape index (κ1) is 18.1. The van der Waals surface area contributed by atoms with E-state index < -0.39 is 0 Å². The molecule has 0 aliphatic rings. The van der Waals surface area contributed by atoms with E-state index in [0.29, 0.717) is 0 Å². The molecule has 0 saturated carbocycles. The minimum Gasteiger partial charge on any atom is -0.269 e. The van der Waals surface area contributed by atoms with Crippen LogP contribution in [0, 0.1) is 3.57 Å². The highest BCUT2D eigenvalue weighted by atomic mass is 127. The summed E-state index contributed by atoms with van der Waals surface area (Å²) in [4.78, 5) is 0. The molecule has 0 bridgehead atoms. The lowest BCUT2D eigenvalue weighted by Gasteiger charge is -2.18. The fraction of sp³-hybridized carbons (Fsp3) is 0. The molecule has 0 fully saturated rings. The monoisotopic (exact) mass is 478 g/mol. The lowest BCUT2D eigenvalue weighted by Crippen LogP contribution is -2.01. The molecule has 3 heteroatoms. The summed E-state index contributed by atoms with van der Waals surface area (Å²) in [6.07, 6.45) is 0. The maximum absolute atomic E-state index is 11.9. The van der Waals surface area contributed by atoms with Crippen molar-refractivity contribution in [2.45, 2.75) is 0 Å². The Hall–Kier alpha value is -2.29. The van der Waals surface area contributed by atoms with Crippen molar-refractivity contribution in [2.75, 3.05) is 0 Å². The first-order valence-electron chi connectivity index (χ1n) is 8.65. The topological polar surface area (TPSA) is 17.1 Å². The van der Waals surface area contributed by atoms with E-state index in [1.54, 1.807) is 0 Å². The lowest BCUT2D eigenvalue weighted by atomic mass is 9.87. The number of benzene rings is 4. The van der Waals surface area contributed by atoms with E-state index in [0.717, 1.165) is 38.7 Å². The zero-order valence-electron chi connectivity index (χ0n) is 14.5. The third-order valence-electron chi connectivity index (χ3n) is 4.54. The van der Waals surface area contributed by atoms with Crippen LogP contribution in [0.1, 0.15) is 0 Å². The normalized spacial score (nSPS) is 10.9. The van der Waals surface area contributed by atoms with E-state index in [1.807, 2.05) is 30.3 Å². The van der Waals surface area contributed by atoms with Crippen LogP contribution in [0.5, 0.6) is 0 Å². The van der Waals surface area contributed by atoms with Crippen molar-refractivity contribution >= 4 is 36.4 Å². The van der Waals surface area contributed by atoms with Crippen LogP contribution in [0.3, 0.4) is 0 Å². The van der Waals surface area contributed by atoms with E-state index in [2.05, 4.69) is 89.3 Å². The Morgan fingerprint density at radius 1 is 0.593 bits per heavy atom. The molecule has 4 aromatic rings. The first-order chi connectivity index (χ1) is 13.3. The number of rotatable bonds is 4. The highest BCUT2D eigenvalue weighted by Gasteiger charge is 2.18. The molecule has 0 amide bonds. The van der Waals surface area contributed by atoms with Gasteiger partial charge in [0.1, 0.15) is 0 Å². The van der Waals surface area contributed by atoms with Crippen molar-refractivity contribution < 1.29 is 4.57 Å². The van der Waals surface area contributed by atoms with Crippen LogP contribution in [0.2, 0.25) is 0 Å². The zero-order valence-corrected chi connectivity index (χ0v) is 17.5. The molecule has 0 aliphatic carbocycles. The van der Waals surface area contributed by atoms with Gasteiger partial charge in [-0.3, -0.25) is 4.57 Å². The molecule has 0 aromatic heterocycles. The van der Waals surface area contributed by atoms with Crippen LogP contribution in [-0.4, -0.2) is 0 Å². The van der Waals surface area contributed by atoms with Gasteiger partial charge in [-0.25, -0.2) is 0 Å². The molecule has 1 nitrogen and oxygen atoms in total. The van der Waals surface area contributed by atoms with Gasteiger partial charge in [0.25, 0.3) is 0 Å². The summed E-state index contributed by atoms with van der Waals surface area (Å²) in [7, 11) is 0.0291. The third kappa shape index (κ3) is 3.73. The van der Waals surface area contributed by atoms with Gasteiger partial charge < -0.3 is 0 Å². The van der Waals surface area contributed by atoms with Crippen molar-refractivity contribution in [3.05, 3.63) is 101 Å². The predicted octanol–water partition coefficient (Wildman–Crippen LogP) is 7.21. The van der Waals surface area contributed by atoms with E-state index in [9.17, 15) is 4.57 Å². The molecular weight excluding hydrogens is 462 g/mol. The fourth-order valence-electron chi connectivity index (χ4n) is 3.35. The summed E-state index contributed by atoms with van der Waals surface area (Å²) < 4.78 is 13.0. The Balaban J connectivity index is 2.11. The van der Waals surface area contributed by atoms with Crippen molar-refractivity contribution in [3.63, 3.8) is 0 Å². The van der Waals surface area contributed by atoms with Gasteiger partial charge in [0.15, 0.2) is 8.46 Å². The summed E-state index contributed by atoms with van der Waals surface area (Å²) in [5.41, 5.74) is 6.73. The van der Waals surface area contributed by atoms with E-state index in [4.69, 9.17) is 0 Å². The molecule has 0 radical (unpaired) electrons. The minimum atomic E-state index is 0.0291. The summed E-state index contributed by atoms with van der Waals surface area (Å²) in [5, 5.41) is 0.799. The Labute approximate surface area is 174 Å². The van der Waals surface area contributed by atoms with Crippen molar-refractivity contribution in [3.8, 4) is 33.4 Å². The molecule has 4 aromatic carbocycles. The van der Waals surface area contributed by atoms with Crippen LogP contribution in [-0.2, 0) is 4.57 Å². The Kier molecular flexibility index (Phi) is 5.47. The van der Waals surface area contributed by atoms with Gasteiger partial charge in [-0.05, 0) is 74.2 Å². The van der Waals surface area contributed by atoms with Crippen LogP contribution in [0.4, 0.5) is 0 Å². The number of halogens is 1. The van der Waals surface area contributed by atoms with Crippen LogP contribution >= 0.6 is 31.1 Å². The largest absolute Gasteiger partial charge is 0.269 e. The summed E-state index contributed by atoms with van der Waals surface area (Å²) >= 11 is 2.38. The molecule has 0 spiro atoms. The molecule has 4 rings (SSSR count). The predicted molar refractivity (Wildman–Crippen MR) is 123 cm³/mol. The SMILES string of the molecule is O=Pc1ccccc1-c1c(-c2ccccc2)cc(I)cc1-c1ccccc1. The highest BCUT2D eigenvalue weighted by Crippen LogP contribution is 2.41. The van der Waals surface area contributed by atoms with Gasteiger partial charge in [-0.2, -0.15) is 0 Å². The third-order valence-corrected chi connectivity index (χ3v) is 5.75. The van der Waals surface area contributed by atoms with Gasteiger partial charge in [0.2, 0.25) is 0 Å². The Morgan fingerprint density at radius 2 is 1.07 bits per heavy atom. The molecule has 27 heavy (non-hydrogen) atoms. The number of hydrogen-bond donors (Lipinski definition) is 0. The average molecular weight is 478 g/mol. The fourth-order valence-corrected chi connectivity index (χ4v) is 4.41. The maximum Gasteiger partial charge on any atom is 0.192 e. The van der Waals surface area contributed by atoms with Gasteiger partial charge in [0.05, 0.1) is 5.30 Å². The Morgan fingerprint density at radius 3 is 1.59 bits per heavy atom. The molecule has 0 aliphatic heterocycles. The van der Waals surface area contributed by atoms with Crippen LogP contribution < -0.4 is 5.30 Å².